The van der Waals surface area contributed by atoms with E-state index in [9.17, 15) is 21.6 Å². The number of piperazine rings is 1. The quantitative estimate of drug-likeness (QED) is 0.338. The lowest BCUT2D eigenvalue weighted by molar-refractivity contribution is -0.181. The molecular weight excluding hydrogens is 534 g/mol. The second-order valence-electron chi connectivity index (χ2n) is 7.07. The Labute approximate surface area is 193 Å². The van der Waals surface area contributed by atoms with Crippen molar-refractivity contribution < 1.29 is 21.6 Å². The first-order valence-corrected chi connectivity index (χ1v) is 10.7. The zero-order chi connectivity index (χ0) is 21.8. The zero-order valence-corrected chi connectivity index (χ0v) is 20.6. The molecule has 0 saturated carbocycles. The predicted octanol–water partition coefficient (Wildman–Crippen LogP) is 2.20. The van der Waals surface area contributed by atoms with Gasteiger partial charge in [-0.2, -0.15) is 13.2 Å². The lowest BCUT2D eigenvalue weighted by Gasteiger charge is -2.39. The second-order valence-corrected chi connectivity index (χ2v) is 9.22. The van der Waals surface area contributed by atoms with Gasteiger partial charge in [0.15, 0.2) is 5.96 Å². The van der Waals surface area contributed by atoms with E-state index in [1.807, 2.05) is 4.90 Å². The Morgan fingerprint density at radius 2 is 1.70 bits per heavy atom. The highest BCUT2D eigenvalue weighted by atomic mass is 127. The highest BCUT2D eigenvalue weighted by Crippen LogP contribution is 2.25. The molecular formula is C18H29F3IN5O2S. The molecule has 0 aromatic heterocycles. The van der Waals surface area contributed by atoms with E-state index in [0.29, 0.717) is 38.7 Å². The molecule has 1 N–H and O–H groups in total. The summed E-state index contributed by atoms with van der Waals surface area (Å²) in [7, 11) is 1.10. The predicted molar refractivity (Wildman–Crippen MR) is 122 cm³/mol. The third kappa shape index (κ3) is 6.69. The van der Waals surface area contributed by atoms with E-state index < -0.39 is 22.2 Å². The summed E-state index contributed by atoms with van der Waals surface area (Å²) in [6.45, 7) is 3.11. The molecule has 0 aliphatic carbocycles. The molecule has 0 spiro atoms. The van der Waals surface area contributed by atoms with Gasteiger partial charge in [0.1, 0.15) is 6.04 Å². The highest BCUT2D eigenvalue weighted by molar-refractivity contribution is 14.0. The number of benzene rings is 1. The number of nitrogens with zero attached hydrogens (tertiary/aromatic N) is 4. The zero-order valence-electron chi connectivity index (χ0n) is 17.5. The molecule has 12 heteroatoms. The van der Waals surface area contributed by atoms with E-state index >= 15 is 0 Å². The van der Waals surface area contributed by atoms with Crippen molar-refractivity contribution in [1.29, 1.82) is 0 Å². The summed E-state index contributed by atoms with van der Waals surface area (Å²) in [5, 5.41) is 3.19. The third-order valence-electron chi connectivity index (χ3n) is 5.00. The molecule has 1 fully saturated rings. The maximum Gasteiger partial charge on any atom is 0.403 e. The Morgan fingerprint density at radius 1 is 1.17 bits per heavy atom. The largest absolute Gasteiger partial charge is 0.403 e. The molecule has 1 heterocycles. The van der Waals surface area contributed by atoms with Gasteiger partial charge in [-0.25, -0.2) is 12.7 Å². The SMILES string of the molecule is CN=C(NCc1ccc(S(=O)(=O)N(C)C)cc1)N1CCN(C(C)C(F)(F)F)CC1.I. The van der Waals surface area contributed by atoms with Crippen molar-refractivity contribution in [2.24, 2.45) is 4.99 Å². The number of hydrogen-bond acceptors (Lipinski definition) is 4. The van der Waals surface area contributed by atoms with Crippen molar-refractivity contribution in [3.8, 4) is 0 Å². The van der Waals surface area contributed by atoms with E-state index in [1.54, 1.807) is 31.3 Å². The third-order valence-corrected chi connectivity index (χ3v) is 6.83. The van der Waals surface area contributed by atoms with Gasteiger partial charge in [-0.15, -0.1) is 24.0 Å². The number of sulfonamides is 1. The molecule has 0 amide bonds. The fourth-order valence-electron chi connectivity index (χ4n) is 3.03. The van der Waals surface area contributed by atoms with Crippen LogP contribution in [0.1, 0.15) is 12.5 Å². The molecule has 1 unspecified atom stereocenters. The van der Waals surface area contributed by atoms with Crippen LogP contribution in [0, 0.1) is 0 Å². The van der Waals surface area contributed by atoms with Gasteiger partial charge < -0.3 is 10.2 Å². The first-order valence-electron chi connectivity index (χ1n) is 9.24. The van der Waals surface area contributed by atoms with Crippen LogP contribution in [0.2, 0.25) is 0 Å². The number of rotatable bonds is 5. The first-order chi connectivity index (χ1) is 13.5. The Kier molecular flexibility index (Phi) is 9.83. The number of alkyl halides is 3. The van der Waals surface area contributed by atoms with Gasteiger partial charge >= 0.3 is 6.18 Å². The Balaban J connectivity index is 0.00000450. The lowest BCUT2D eigenvalue weighted by atomic mass is 10.2. The molecule has 0 radical (unpaired) electrons. The van der Waals surface area contributed by atoms with Crippen LogP contribution in [0.15, 0.2) is 34.2 Å². The molecule has 0 bridgehead atoms. The van der Waals surface area contributed by atoms with Gasteiger partial charge in [-0.3, -0.25) is 9.89 Å². The van der Waals surface area contributed by atoms with Crippen LogP contribution in [0.4, 0.5) is 13.2 Å². The summed E-state index contributed by atoms with van der Waals surface area (Å²) < 4.78 is 64.0. The van der Waals surface area contributed by atoms with E-state index in [0.717, 1.165) is 9.87 Å². The molecule has 1 atom stereocenters. The first kappa shape index (κ1) is 26.9. The molecule has 7 nitrogen and oxygen atoms in total. The minimum atomic E-state index is -4.23. The van der Waals surface area contributed by atoms with Gasteiger partial charge in [-0.05, 0) is 24.6 Å². The standard InChI is InChI=1S/C18H28F3N5O2S.HI/c1-14(18(19,20)21)25-9-11-26(12-10-25)17(22-2)23-13-15-5-7-16(8-6-15)29(27,28)24(3)4;/h5-8,14H,9-13H2,1-4H3,(H,22,23);1H. The van der Waals surface area contributed by atoms with Crippen molar-refractivity contribution in [2.75, 3.05) is 47.3 Å². The number of hydrogen-bond donors (Lipinski definition) is 1. The fraction of sp³-hybridized carbons (Fsp3) is 0.611. The summed E-state index contributed by atoms with van der Waals surface area (Å²) in [6, 6.07) is 5.08. The van der Waals surface area contributed by atoms with Crippen LogP contribution >= 0.6 is 24.0 Å². The van der Waals surface area contributed by atoms with Crippen LogP contribution < -0.4 is 5.32 Å². The monoisotopic (exact) mass is 563 g/mol. The lowest BCUT2D eigenvalue weighted by Crippen LogP contribution is -2.56. The number of nitrogens with one attached hydrogen (secondary N) is 1. The van der Waals surface area contributed by atoms with Crippen LogP contribution in [0.3, 0.4) is 0 Å². The van der Waals surface area contributed by atoms with Crippen LogP contribution in [0.5, 0.6) is 0 Å². The topological polar surface area (TPSA) is 68.2 Å². The van der Waals surface area contributed by atoms with Gasteiger partial charge in [0, 0.05) is 53.9 Å². The number of halogens is 4. The van der Waals surface area contributed by atoms with Gasteiger partial charge in [0.25, 0.3) is 0 Å². The van der Waals surface area contributed by atoms with Gasteiger partial charge in [0.2, 0.25) is 10.0 Å². The van der Waals surface area contributed by atoms with E-state index in [-0.39, 0.29) is 28.9 Å². The summed E-state index contributed by atoms with van der Waals surface area (Å²) >= 11 is 0. The summed E-state index contributed by atoms with van der Waals surface area (Å²) in [5.41, 5.74) is 0.869. The van der Waals surface area contributed by atoms with E-state index in [2.05, 4.69) is 10.3 Å². The Hall–Kier alpha value is -1.12. The minimum Gasteiger partial charge on any atom is -0.352 e. The average Bonchev–Trinajstić information content (AvgIpc) is 2.68. The van der Waals surface area contributed by atoms with Crippen molar-refractivity contribution in [1.82, 2.24) is 19.4 Å². The summed E-state index contributed by atoms with van der Waals surface area (Å²) in [5.74, 6) is 0.606. The maximum absolute atomic E-state index is 12.9. The molecule has 2 rings (SSSR count). The molecule has 1 saturated heterocycles. The van der Waals surface area contributed by atoms with Crippen molar-refractivity contribution in [2.45, 2.75) is 30.6 Å². The van der Waals surface area contributed by atoms with Crippen LogP contribution in [-0.2, 0) is 16.6 Å². The summed E-state index contributed by atoms with van der Waals surface area (Å²) in [4.78, 5) is 7.77. The van der Waals surface area contributed by atoms with Crippen LogP contribution in [0.25, 0.3) is 0 Å². The molecule has 1 aliphatic rings. The smallest absolute Gasteiger partial charge is 0.352 e. The Bertz CT molecular complexity index is 808. The van der Waals surface area contributed by atoms with Crippen molar-refractivity contribution in [3.05, 3.63) is 29.8 Å². The van der Waals surface area contributed by atoms with E-state index in [1.165, 1.54) is 25.9 Å². The number of aliphatic imine (C=N–C) groups is 1. The van der Waals surface area contributed by atoms with Gasteiger partial charge in [-0.1, -0.05) is 12.1 Å². The van der Waals surface area contributed by atoms with Crippen LogP contribution in [-0.4, -0.2) is 88.0 Å². The fourth-order valence-corrected chi connectivity index (χ4v) is 3.93. The minimum absolute atomic E-state index is 0. The average molecular weight is 563 g/mol. The molecule has 1 aromatic carbocycles. The maximum atomic E-state index is 12.9. The Morgan fingerprint density at radius 3 is 2.13 bits per heavy atom. The summed E-state index contributed by atoms with van der Waals surface area (Å²) in [6.07, 6.45) is -4.23. The second kappa shape index (κ2) is 11.0. The highest BCUT2D eigenvalue weighted by Gasteiger charge is 2.41. The molecule has 30 heavy (non-hydrogen) atoms. The van der Waals surface area contributed by atoms with E-state index in [4.69, 9.17) is 0 Å². The van der Waals surface area contributed by atoms with Crippen molar-refractivity contribution >= 4 is 40.0 Å². The van der Waals surface area contributed by atoms with Crippen molar-refractivity contribution in [3.63, 3.8) is 0 Å². The molecule has 172 valence electrons. The van der Waals surface area contributed by atoms with Gasteiger partial charge in [0.05, 0.1) is 4.90 Å². The molecule has 1 aromatic rings. The normalized spacial score (nSPS) is 17.6. The molecule has 1 aliphatic heterocycles. The number of guanidine groups is 1.